The normalized spacial score (nSPS) is 21.2. The van der Waals surface area contributed by atoms with Crippen molar-refractivity contribution in [1.29, 1.82) is 0 Å². The van der Waals surface area contributed by atoms with Crippen LogP contribution in [0.25, 0.3) is 0 Å². The van der Waals surface area contributed by atoms with Crippen LogP contribution in [-0.2, 0) is 17.1 Å². The molecule has 28 heavy (non-hydrogen) atoms. The van der Waals surface area contributed by atoms with E-state index in [1.165, 1.54) is 4.31 Å². The van der Waals surface area contributed by atoms with E-state index in [1.807, 2.05) is 22.7 Å². The third kappa shape index (κ3) is 3.46. The first kappa shape index (κ1) is 19.1. The molecule has 3 heterocycles. The van der Waals surface area contributed by atoms with Gasteiger partial charge in [0.25, 0.3) is 5.91 Å². The number of aromatic nitrogens is 2. The maximum Gasteiger partial charge on any atom is 0.254 e. The topological polar surface area (TPSA) is 75.5 Å². The molecule has 2 saturated heterocycles. The number of nitrogens with zero attached hydrogens (tertiary/aromatic N) is 4. The van der Waals surface area contributed by atoms with Gasteiger partial charge in [-0.3, -0.25) is 9.48 Å². The third-order valence-electron chi connectivity index (χ3n) is 5.77. The summed E-state index contributed by atoms with van der Waals surface area (Å²) in [6.45, 7) is 1.84. The molecule has 1 amide bonds. The molecule has 0 N–H and O–H groups in total. The Morgan fingerprint density at radius 1 is 1.00 bits per heavy atom. The van der Waals surface area contributed by atoms with Gasteiger partial charge in [0.2, 0.25) is 10.0 Å². The van der Waals surface area contributed by atoms with Gasteiger partial charge in [0.05, 0.1) is 16.6 Å². The van der Waals surface area contributed by atoms with Crippen LogP contribution in [0.4, 0.5) is 0 Å². The molecule has 8 heteroatoms. The summed E-state index contributed by atoms with van der Waals surface area (Å²) < 4.78 is 28.7. The number of hydrogen-bond acceptors (Lipinski definition) is 4. The number of likely N-dealkylation sites (tertiary alicyclic amines) is 1. The van der Waals surface area contributed by atoms with E-state index in [0.717, 1.165) is 37.8 Å². The number of hydrogen-bond donors (Lipinski definition) is 0. The summed E-state index contributed by atoms with van der Waals surface area (Å²) in [6, 6.07) is 8.36. The van der Waals surface area contributed by atoms with Crippen LogP contribution in [0.1, 0.15) is 54.2 Å². The Bertz CT molecular complexity index is 946. The molecule has 0 bridgehead atoms. The average molecular weight is 403 g/mol. The van der Waals surface area contributed by atoms with Crippen LogP contribution in [0.15, 0.2) is 41.4 Å². The molecule has 150 valence electrons. The SMILES string of the molecule is Cn1nccc1C1CCCCN1C(=O)c1ccc(S(=O)(=O)N2CCCC2)cc1. The van der Waals surface area contributed by atoms with Crippen LogP contribution < -0.4 is 0 Å². The molecule has 1 atom stereocenters. The molecule has 2 fully saturated rings. The van der Waals surface area contributed by atoms with Crippen LogP contribution in [0.5, 0.6) is 0 Å². The standard InChI is InChI=1S/C20H26N4O3S/c1-22-18(11-12-21-22)19-6-2-3-15-24(19)20(25)16-7-9-17(10-8-16)28(26,27)23-13-4-5-14-23/h7-12,19H,2-6,13-15H2,1H3. The molecule has 0 spiro atoms. The first-order chi connectivity index (χ1) is 13.5. The van der Waals surface area contributed by atoms with Crippen LogP contribution >= 0.6 is 0 Å². The lowest BCUT2D eigenvalue weighted by Gasteiger charge is -2.36. The summed E-state index contributed by atoms with van der Waals surface area (Å²) in [4.78, 5) is 15.3. The molecular weight excluding hydrogens is 376 g/mol. The highest BCUT2D eigenvalue weighted by Crippen LogP contribution is 2.32. The molecular formula is C20H26N4O3S. The van der Waals surface area contributed by atoms with Crippen LogP contribution in [0.3, 0.4) is 0 Å². The molecule has 1 aromatic carbocycles. The van der Waals surface area contributed by atoms with Crippen molar-refractivity contribution in [3.05, 3.63) is 47.8 Å². The summed E-state index contributed by atoms with van der Waals surface area (Å²) >= 11 is 0. The number of amides is 1. The summed E-state index contributed by atoms with van der Waals surface area (Å²) in [5, 5.41) is 4.24. The Balaban J connectivity index is 1.56. The fourth-order valence-electron chi connectivity index (χ4n) is 4.21. The highest BCUT2D eigenvalue weighted by molar-refractivity contribution is 7.89. The summed E-state index contributed by atoms with van der Waals surface area (Å²) in [5.41, 5.74) is 1.55. The molecule has 0 radical (unpaired) electrons. The predicted molar refractivity (Wildman–Crippen MR) is 105 cm³/mol. The van der Waals surface area contributed by atoms with Gasteiger partial charge in [-0.1, -0.05) is 0 Å². The molecule has 7 nitrogen and oxygen atoms in total. The summed E-state index contributed by atoms with van der Waals surface area (Å²) in [5.74, 6) is -0.0592. The zero-order chi connectivity index (χ0) is 19.7. The molecule has 2 aliphatic rings. The van der Waals surface area contributed by atoms with E-state index in [4.69, 9.17) is 0 Å². The minimum Gasteiger partial charge on any atom is -0.330 e. The van der Waals surface area contributed by atoms with Gasteiger partial charge in [0, 0.05) is 38.4 Å². The van der Waals surface area contributed by atoms with Crippen molar-refractivity contribution in [3.8, 4) is 0 Å². The molecule has 0 aliphatic carbocycles. The van der Waals surface area contributed by atoms with E-state index >= 15 is 0 Å². The largest absolute Gasteiger partial charge is 0.330 e. The van der Waals surface area contributed by atoms with Gasteiger partial charge >= 0.3 is 0 Å². The van der Waals surface area contributed by atoms with E-state index in [1.54, 1.807) is 30.5 Å². The van der Waals surface area contributed by atoms with Crippen LogP contribution in [0.2, 0.25) is 0 Å². The van der Waals surface area contributed by atoms with Gasteiger partial charge in [-0.2, -0.15) is 9.40 Å². The first-order valence-corrected chi connectivity index (χ1v) is 11.3. The lowest BCUT2D eigenvalue weighted by molar-refractivity contribution is 0.0601. The quantitative estimate of drug-likeness (QED) is 0.788. The molecule has 0 saturated carbocycles. The molecule has 2 aliphatic heterocycles. The number of benzene rings is 1. The summed E-state index contributed by atoms with van der Waals surface area (Å²) in [7, 11) is -1.57. The minimum atomic E-state index is -3.46. The number of carbonyl (C=O) groups is 1. The number of sulfonamides is 1. The maximum atomic E-state index is 13.2. The van der Waals surface area contributed by atoms with Gasteiger partial charge in [-0.05, 0) is 62.4 Å². The lowest BCUT2D eigenvalue weighted by atomic mass is 9.98. The maximum absolute atomic E-state index is 13.2. The van der Waals surface area contributed by atoms with Crippen molar-refractivity contribution in [2.45, 2.75) is 43.0 Å². The zero-order valence-electron chi connectivity index (χ0n) is 16.1. The van der Waals surface area contributed by atoms with Gasteiger partial charge in [0.1, 0.15) is 0 Å². The number of carbonyl (C=O) groups excluding carboxylic acids is 1. The average Bonchev–Trinajstić information content (AvgIpc) is 3.40. The van der Waals surface area contributed by atoms with Gasteiger partial charge in [-0.15, -0.1) is 0 Å². The second-order valence-electron chi connectivity index (χ2n) is 7.53. The lowest BCUT2D eigenvalue weighted by Crippen LogP contribution is -2.39. The van der Waals surface area contributed by atoms with E-state index < -0.39 is 10.0 Å². The monoisotopic (exact) mass is 402 g/mol. The van der Waals surface area contributed by atoms with Gasteiger partial charge < -0.3 is 4.90 Å². The van der Waals surface area contributed by atoms with Crippen molar-refractivity contribution < 1.29 is 13.2 Å². The smallest absolute Gasteiger partial charge is 0.254 e. The molecule has 2 aromatic rings. The van der Waals surface area contributed by atoms with Crippen molar-refractivity contribution >= 4 is 15.9 Å². The Kier molecular flexibility index (Phi) is 5.25. The van der Waals surface area contributed by atoms with E-state index in [-0.39, 0.29) is 16.8 Å². The van der Waals surface area contributed by atoms with E-state index in [2.05, 4.69) is 5.10 Å². The fourth-order valence-corrected chi connectivity index (χ4v) is 5.72. The number of piperidine rings is 1. The first-order valence-electron chi connectivity index (χ1n) is 9.87. The number of rotatable bonds is 4. The number of aryl methyl sites for hydroxylation is 1. The second-order valence-corrected chi connectivity index (χ2v) is 9.46. The molecule has 1 unspecified atom stereocenters. The predicted octanol–water partition coefficient (Wildman–Crippen LogP) is 2.57. The van der Waals surface area contributed by atoms with Crippen molar-refractivity contribution in [2.24, 2.45) is 7.05 Å². The minimum absolute atomic E-state index is 0.00163. The van der Waals surface area contributed by atoms with E-state index in [9.17, 15) is 13.2 Å². The Labute approximate surface area is 166 Å². The van der Waals surface area contributed by atoms with Crippen LogP contribution in [0, 0.1) is 0 Å². The zero-order valence-corrected chi connectivity index (χ0v) is 16.9. The van der Waals surface area contributed by atoms with E-state index in [0.29, 0.717) is 25.2 Å². The third-order valence-corrected chi connectivity index (χ3v) is 7.68. The Hall–Kier alpha value is -2.19. The van der Waals surface area contributed by atoms with Crippen molar-refractivity contribution in [3.63, 3.8) is 0 Å². The highest BCUT2D eigenvalue weighted by atomic mass is 32.2. The second kappa shape index (κ2) is 7.67. The van der Waals surface area contributed by atoms with Crippen molar-refractivity contribution in [1.82, 2.24) is 19.0 Å². The van der Waals surface area contributed by atoms with Crippen LogP contribution in [-0.4, -0.2) is 52.9 Å². The highest BCUT2D eigenvalue weighted by Gasteiger charge is 2.31. The molecule has 1 aromatic heterocycles. The van der Waals surface area contributed by atoms with Gasteiger partial charge in [-0.25, -0.2) is 8.42 Å². The fraction of sp³-hybridized carbons (Fsp3) is 0.500. The molecule has 4 rings (SSSR count). The Morgan fingerprint density at radius 3 is 2.32 bits per heavy atom. The Morgan fingerprint density at radius 2 is 1.68 bits per heavy atom. The summed E-state index contributed by atoms with van der Waals surface area (Å²) in [6.07, 6.45) is 6.52. The van der Waals surface area contributed by atoms with Gasteiger partial charge in [0.15, 0.2) is 0 Å². The van der Waals surface area contributed by atoms with Crippen molar-refractivity contribution in [2.75, 3.05) is 19.6 Å².